The Hall–Kier alpha value is -1.77. The summed E-state index contributed by atoms with van der Waals surface area (Å²) >= 11 is 0. The van der Waals surface area contributed by atoms with Crippen molar-refractivity contribution in [2.45, 2.75) is 13.0 Å². The zero-order valence-corrected chi connectivity index (χ0v) is 9.31. The predicted molar refractivity (Wildman–Crippen MR) is 65.2 cm³/mol. The molecule has 0 atom stereocenters. The van der Waals surface area contributed by atoms with Crippen molar-refractivity contribution in [2.24, 2.45) is 0 Å². The van der Waals surface area contributed by atoms with Crippen molar-refractivity contribution in [1.29, 1.82) is 0 Å². The van der Waals surface area contributed by atoms with Gasteiger partial charge >= 0.3 is 0 Å². The maximum atomic E-state index is 11.3. The summed E-state index contributed by atoms with van der Waals surface area (Å²) in [5.41, 5.74) is 2.00. The molecule has 1 aromatic carbocycles. The summed E-state index contributed by atoms with van der Waals surface area (Å²) in [7, 11) is 2.05. The van der Waals surface area contributed by atoms with Gasteiger partial charge in [-0.15, -0.1) is 0 Å². The highest BCUT2D eigenvalue weighted by atomic mass is 16.1. The van der Waals surface area contributed by atoms with Crippen molar-refractivity contribution in [3.8, 4) is 0 Å². The largest absolute Gasteiger partial charge is 0.360 e. The summed E-state index contributed by atoms with van der Waals surface area (Å²) in [6.07, 6.45) is 2.12. The van der Waals surface area contributed by atoms with E-state index in [2.05, 4.69) is 22.6 Å². The molecule has 0 amide bonds. The number of rotatable bonds is 1. The quantitative estimate of drug-likeness (QED) is 0.680. The van der Waals surface area contributed by atoms with E-state index in [4.69, 9.17) is 0 Å². The van der Waals surface area contributed by atoms with Gasteiger partial charge in [0.2, 0.25) is 0 Å². The van der Waals surface area contributed by atoms with Crippen molar-refractivity contribution in [3.05, 3.63) is 29.8 Å². The highest BCUT2D eigenvalue weighted by Gasteiger charge is 2.22. The Balaban J connectivity index is 2.43. The van der Waals surface area contributed by atoms with Crippen molar-refractivity contribution in [3.63, 3.8) is 0 Å². The highest BCUT2D eigenvalue weighted by molar-refractivity contribution is 6.04. The molecule has 3 nitrogen and oxygen atoms in total. The topological polar surface area (TPSA) is 25.2 Å². The Bertz CT molecular complexity index is 556. The molecule has 0 aliphatic carbocycles. The molecule has 3 rings (SSSR count). The van der Waals surface area contributed by atoms with E-state index < -0.39 is 0 Å². The molecule has 2 aromatic rings. The average molecular weight is 214 g/mol. The third-order valence-corrected chi connectivity index (χ3v) is 3.34. The van der Waals surface area contributed by atoms with Gasteiger partial charge in [-0.1, -0.05) is 18.2 Å². The maximum absolute atomic E-state index is 11.3. The molecule has 0 fully saturated rings. The molecule has 0 N–H and O–H groups in total. The molecule has 0 unspecified atom stereocenters. The Morgan fingerprint density at radius 1 is 1.25 bits per heavy atom. The number of hydrogen-bond donors (Lipinski definition) is 0. The van der Waals surface area contributed by atoms with Gasteiger partial charge in [0.25, 0.3) is 0 Å². The summed E-state index contributed by atoms with van der Waals surface area (Å²) in [6, 6.07) is 8.13. The summed E-state index contributed by atoms with van der Waals surface area (Å²) in [4.78, 5) is 13.4. The van der Waals surface area contributed by atoms with E-state index in [1.54, 1.807) is 0 Å². The maximum Gasteiger partial charge on any atom is 0.154 e. The lowest BCUT2D eigenvalue weighted by Gasteiger charge is -2.27. The van der Waals surface area contributed by atoms with E-state index >= 15 is 0 Å². The number of aldehydes is 1. The van der Waals surface area contributed by atoms with E-state index in [0.29, 0.717) is 0 Å². The van der Waals surface area contributed by atoms with Crippen LogP contribution >= 0.6 is 0 Å². The van der Waals surface area contributed by atoms with E-state index in [9.17, 15) is 4.79 Å². The highest BCUT2D eigenvalue weighted by Crippen LogP contribution is 2.33. The fourth-order valence-electron chi connectivity index (χ4n) is 2.64. The molecule has 2 heterocycles. The van der Waals surface area contributed by atoms with Gasteiger partial charge in [-0.2, -0.15) is 0 Å². The van der Waals surface area contributed by atoms with Crippen LogP contribution in [0.2, 0.25) is 0 Å². The summed E-state index contributed by atoms with van der Waals surface area (Å²) in [5.74, 6) is 1.07. The lowest BCUT2D eigenvalue weighted by molar-refractivity contribution is 0.112. The molecule has 82 valence electrons. The van der Waals surface area contributed by atoms with Crippen molar-refractivity contribution >= 4 is 23.0 Å². The van der Waals surface area contributed by atoms with Crippen LogP contribution in [-0.4, -0.2) is 24.4 Å². The van der Waals surface area contributed by atoms with Crippen LogP contribution in [0.1, 0.15) is 16.8 Å². The molecule has 0 saturated heterocycles. The van der Waals surface area contributed by atoms with Crippen LogP contribution in [0.5, 0.6) is 0 Å². The number of carbonyl (C=O) groups excluding carboxylic acids is 1. The minimum atomic E-state index is 0.831. The third kappa shape index (κ3) is 1.11. The zero-order valence-electron chi connectivity index (χ0n) is 9.31. The molecular weight excluding hydrogens is 200 g/mol. The molecule has 16 heavy (non-hydrogen) atoms. The van der Waals surface area contributed by atoms with E-state index in [-0.39, 0.29) is 0 Å². The lowest BCUT2D eigenvalue weighted by Crippen LogP contribution is -2.28. The van der Waals surface area contributed by atoms with Gasteiger partial charge < -0.3 is 9.47 Å². The average Bonchev–Trinajstić information content (AvgIpc) is 2.65. The lowest BCUT2D eigenvalue weighted by atomic mass is 10.2. The Morgan fingerprint density at radius 2 is 2.06 bits per heavy atom. The van der Waals surface area contributed by atoms with Gasteiger partial charge in [0.15, 0.2) is 6.29 Å². The molecule has 0 bridgehead atoms. The fraction of sp³-hybridized carbons (Fsp3) is 0.308. The van der Waals surface area contributed by atoms with Gasteiger partial charge in [0.05, 0.1) is 11.1 Å². The standard InChI is InChI=1S/C13H14N2O/c1-14-7-4-8-15-12-6-3-2-5-10(12)11(9-16)13(14)15/h2-3,5-6,9H,4,7-8H2,1H3. The van der Waals surface area contributed by atoms with Crippen molar-refractivity contribution in [1.82, 2.24) is 4.57 Å². The van der Waals surface area contributed by atoms with Crippen LogP contribution in [0.25, 0.3) is 10.9 Å². The zero-order chi connectivity index (χ0) is 11.1. The normalized spacial score (nSPS) is 15.2. The van der Waals surface area contributed by atoms with E-state index in [0.717, 1.165) is 42.6 Å². The second-order valence-electron chi connectivity index (χ2n) is 4.30. The first-order chi connectivity index (χ1) is 7.83. The summed E-state index contributed by atoms with van der Waals surface area (Å²) in [6.45, 7) is 2.03. The minimum absolute atomic E-state index is 0.831. The Kier molecular flexibility index (Phi) is 1.99. The monoisotopic (exact) mass is 214 g/mol. The minimum Gasteiger partial charge on any atom is -0.360 e. The van der Waals surface area contributed by atoms with Crippen LogP contribution in [0.3, 0.4) is 0 Å². The molecule has 0 radical (unpaired) electrons. The SMILES string of the molecule is CN1CCCn2c1c(C=O)c1ccccc12. The molecule has 0 spiro atoms. The van der Waals surface area contributed by atoms with Gasteiger partial charge in [0, 0.05) is 25.5 Å². The van der Waals surface area contributed by atoms with Crippen LogP contribution in [-0.2, 0) is 6.54 Å². The first kappa shape index (κ1) is 9.46. The number of fused-ring (bicyclic) bond motifs is 3. The number of para-hydroxylation sites is 1. The van der Waals surface area contributed by atoms with Gasteiger partial charge in [0.1, 0.15) is 5.82 Å². The first-order valence-corrected chi connectivity index (χ1v) is 5.60. The fourth-order valence-corrected chi connectivity index (χ4v) is 2.64. The van der Waals surface area contributed by atoms with E-state index in [1.165, 1.54) is 5.52 Å². The van der Waals surface area contributed by atoms with Gasteiger partial charge in [-0.05, 0) is 12.5 Å². The van der Waals surface area contributed by atoms with Gasteiger partial charge in [-0.3, -0.25) is 4.79 Å². The van der Waals surface area contributed by atoms with Crippen LogP contribution in [0.4, 0.5) is 5.82 Å². The second kappa shape index (κ2) is 3.37. The van der Waals surface area contributed by atoms with E-state index in [1.807, 2.05) is 18.2 Å². The molecule has 1 aliphatic heterocycles. The van der Waals surface area contributed by atoms with Crippen LogP contribution < -0.4 is 4.90 Å². The first-order valence-electron chi connectivity index (χ1n) is 5.60. The van der Waals surface area contributed by atoms with Gasteiger partial charge in [-0.25, -0.2) is 0 Å². The predicted octanol–water partition coefficient (Wildman–Crippen LogP) is 2.29. The second-order valence-corrected chi connectivity index (χ2v) is 4.30. The van der Waals surface area contributed by atoms with Crippen LogP contribution in [0.15, 0.2) is 24.3 Å². The molecule has 1 aliphatic rings. The Labute approximate surface area is 94.3 Å². The molecule has 1 aromatic heterocycles. The molecule has 3 heteroatoms. The van der Waals surface area contributed by atoms with Crippen molar-refractivity contribution in [2.75, 3.05) is 18.5 Å². The molecule has 0 saturated carbocycles. The number of carbonyl (C=O) groups is 1. The summed E-state index contributed by atoms with van der Waals surface area (Å²) < 4.78 is 2.25. The number of benzene rings is 1. The smallest absolute Gasteiger partial charge is 0.154 e. The van der Waals surface area contributed by atoms with Crippen molar-refractivity contribution < 1.29 is 4.79 Å². The third-order valence-electron chi connectivity index (χ3n) is 3.34. The number of hydrogen-bond acceptors (Lipinski definition) is 2. The number of aryl methyl sites for hydroxylation is 1. The summed E-state index contributed by atoms with van der Waals surface area (Å²) in [5, 5.41) is 1.07. The number of anilines is 1. The molecular formula is C13H14N2O. The number of nitrogens with zero attached hydrogens (tertiary/aromatic N) is 2. The number of aromatic nitrogens is 1. The Morgan fingerprint density at radius 3 is 2.88 bits per heavy atom. The van der Waals surface area contributed by atoms with Crippen LogP contribution in [0, 0.1) is 0 Å².